The summed E-state index contributed by atoms with van der Waals surface area (Å²) in [5, 5.41) is 4.49. The van der Waals surface area contributed by atoms with Crippen LogP contribution >= 0.6 is 23.1 Å². The Bertz CT molecular complexity index is 986. The maximum atomic E-state index is 13.5. The second kappa shape index (κ2) is 11.3. The number of hydrogen-bond acceptors (Lipinski definition) is 7. The van der Waals surface area contributed by atoms with Gasteiger partial charge in [-0.25, -0.2) is 9.37 Å². The third kappa shape index (κ3) is 7.95. The van der Waals surface area contributed by atoms with Crippen LogP contribution in [0.1, 0.15) is 16.8 Å². The summed E-state index contributed by atoms with van der Waals surface area (Å²) in [6, 6.07) is 2.99. The predicted octanol–water partition coefficient (Wildman–Crippen LogP) is 2.44. The van der Waals surface area contributed by atoms with E-state index in [0.717, 1.165) is 12.1 Å². The van der Waals surface area contributed by atoms with Gasteiger partial charge in [-0.05, 0) is 17.7 Å². The topological polar surface area (TPSA) is 97.5 Å². The number of morpholine rings is 1. The van der Waals surface area contributed by atoms with Crippen molar-refractivity contribution in [3.05, 3.63) is 46.2 Å². The molecule has 0 spiro atoms. The molecule has 2 amide bonds. The number of thiazole rings is 1. The summed E-state index contributed by atoms with van der Waals surface area (Å²) in [6.07, 6.45) is -5.02. The molecule has 0 radical (unpaired) electrons. The molecule has 33 heavy (non-hydrogen) atoms. The minimum absolute atomic E-state index is 0.0498. The summed E-state index contributed by atoms with van der Waals surface area (Å²) in [5.74, 6) is -1.86. The molecule has 1 aromatic heterocycles. The summed E-state index contributed by atoms with van der Waals surface area (Å²) in [7, 11) is 0. The SMILES string of the molecule is NC(=O)Cc1csc(SCC(=O)NC[C@H]2CN(Cc3ccc(F)c(C(F)(F)F)c3)CCO2)n1. The van der Waals surface area contributed by atoms with E-state index in [1.54, 1.807) is 5.38 Å². The maximum absolute atomic E-state index is 13.5. The molecule has 1 aromatic carbocycles. The van der Waals surface area contributed by atoms with Gasteiger partial charge in [0, 0.05) is 31.6 Å². The van der Waals surface area contributed by atoms with E-state index in [0.29, 0.717) is 35.3 Å². The molecule has 0 bridgehead atoms. The van der Waals surface area contributed by atoms with Crippen molar-refractivity contribution in [2.24, 2.45) is 5.73 Å². The highest BCUT2D eigenvalue weighted by Crippen LogP contribution is 2.32. The summed E-state index contributed by atoms with van der Waals surface area (Å²) in [4.78, 5) is 29.2. The lowest BCUT2D eigenvalue weighted by molar-refractivity contribution is -0.140. The molecule has 0 saturated carbocycles. The molecule has 1 saturated heterocycles. The number of ether oxygens (including phenoxy) is 1. The fourth-order valence-corrected chi connectivity index (χ4v) is 4.89. The molecular formula is C20H22F4N4O3S2. The lowest BCUT2D eigenvalue weighted by Crippen LogP contribution is -2.47. The molecule has 1 fully saturated rings. The van der Waals surface area contributed by atoms with Crippen LogP contribution in [0.4, 0.5) is 17.6 Å². The molecule has 2 aromatic rings. The number of carbonyl (C=O) groups excluding carboxylic acids is 2. The third-order valence-electron chi connectivity index (χ3n) is 4.70. The van der Waals surface area contributed by atoms with Gasteiger partial charge >= 0.3 is 6.18 Å². The molecule has 3 rings (SSSR count). The number of primary amides is 1. The van der Waals surface area contributed by atoms with Gasteiger partial charge in [0.25, 0.3) is 0 Å². The number of nitrogens with one attached hydrogen (secondary N) is 1. The van der Waals surface area contributed by atoms with Crippen LogP contribution in [0.15, 0.2) is 27.9 Å². The van der Waals surface area contributed by atoms with Crippen LogP contribution in [-0.2, 0) is 33.5 Å². The molecule has 0 unspecified atom stereocenters. The van der Waals surface area contributed by atoms with Gasteiger partial charge in [-0.15, -0.1) is 11.3 Å². The van der Waals surface area contributed by atoms with E-state index >= 15 is 0 Å². The number of alkyl halides is 3. The van der Waals surface area contributed by atoms with Gasteiger partial charge < -0.3 is 15.8 Å². The number of carbonyl (C=O) groups is 2. The molecular weight excluding hydrogens is 484 g/mol. The van der Waals surface area contributed by atoms with Crippen LogP contribution in [0.3, 0.4) is 0 Å². The monoisotopic (exact) mass is 506 g/mol. The van der Waals surface area contributed by atoms with Crippen molar-refractivity contribution >= 4 is 34.9 Å². The van der Waals surface area contributed by atoms with E-state index in [9.17, 15) is 27.2 Å². The average molecular weight is 507 g/mol. The normalized spacial score (nSPS) is 17.2. The Morgan fingerprint density at radius 1 is 1.36 bits per heavy atom. The lowest BCUT2D eigenvalue weighted by Gasteiger charge is -2.33. The molecule has 3 N–H and O–H groups in total. The zero-order valence-corrected chi connectivity index (χ0v) is 19.0. The summed E-state index contributed by atoms with van der Waals surface area (Å²) in [6.45, 7) is 1.75. The average Bonchev–Trinajstić information content (AvgIpc) is 3.18. The summed E-state index contributed by atoms with van der Waals surface area (Å²) >= 11 is 2.56. The van der Waals surface area contributed by atoms with E-state index in [-0.39, 0.29) is 37.3 Å². The minimum atomic E-state index is -4.75. The molecule has 0 aliphatic carbocycles. The molecule has 2 heterocycles. The number of thioether (sulfide) groups is 1. The number of hydrogen-bond donors (Lipinski definition) is 2. The second-order valence-corrected chi connectivity index (χ2v) is 9.46. The first-order chi connectivity index (χ1) is 15.6. The number of nitrogens with zero attached hydrogens (tertiary/aromatic N) is 2. The third-order valence-corrected chi connectivity index (χ3v) is 6.77. The van der Waals surface area contributed by atoms with Crippen LogP contribution in [0.5, 0.6) is 0 Å². The standard InChI is InChI=1S/C20H22F4N4O3S2/c21-16-2-1-12(5-15(16)20(22,23)24)8-28-3-4-31-14(9-28)7-26-18(30)11-33-19-27-13(10-32-19)6-17(25)29/h1-2,5,10,14H,3-4,6-9,11H2,(H2,25,29)(H,26,30)/t14-/m0/s1. The van der Waals surface area contributed by atoms with Crippen molar-refractivity contribution in [3.8, 4) is 0 Å². The molecule has 1 aliphatic heterocycles. The van der Waals surface area contributed by atoms with Crippen LogP contribution in [-0.4, -0.2) is 59.8 Å². The van der Waals surface area contributed by atoms with Gasteiger partial charge in [0.15, 0.2) is 4.34 Å². The quantitative estimate of drug-likeness (QED) is 0.401. The van der Waals surface area contributed by atoms with E-state index in [2.05, 4.69) is 10.3 Å². The maximum Gasteiger partial charge on any atom is 0.419 e. The van der Waals surface area contributed by atoms with Gasteiger partial charge in [0.05, 0.1) is 36.1 Å². The van der Waals surface area contributed by atoms with Crippen LogP contribution in [0.25, 0.3) is 0 Å². The summed E-state index contributed by atoms with van der Waals surface area (Å²) in [5.41, 5.74) is 4.76. The number of aromatic nitrogens is 1. The Balaban J connectivity index is 1.44. The number of rotatable bonds is 9. The fraction of sp³-hybridized carbons (Fsp3) is 0.450. The van der Waals surface area contributed by atoms with E-state index in [4.69, 9.17) is 10.5 Å². The summed E-state index contributed by atoms with van der Waals surface area (Å²) < 4.78 is 58.6. The zero-order valence-electron chi connectivity index (χ0n) is 17.4. The molecule has 180 valence electrons. The highest BCUT2D eigenvalue weighted by molar-refractivity contribution is 8.01. The largest absolute Gasteiger partial charge is 0.419 e. The van der Waals surface area contributed by atoms with Crippen molar-refractivity contribution in [2.75, 3.05) is 32.0 Å². The van der Waals surface area contributed by atoms with Gasteiger partial charge in [-0.2, -0.15) is 13.2 Å². The first-order valence-electron chi connectivity index (χ1n) is 9.92. The van der Waals surface area contributed by atoms with Crippen molar-refractivity contribution in [1.82, 2.24) is 15.2 Å². The Morgan fingerprint density at radius 2 is 2.15 bits per heavy atom. The minimum Gasteiger partial charge on any atom is -0.374 e. The van der Waals surface area contributed by atoms with Crippen molar-refractivity contribution < 1.29 is 31.9 Å². The van der Waals surface area contributed by atoms with Gasteiger partial charge in [0.1, 0.15) is 5.82 Å². The van der Waals surface area contributed by atoms with Crippen molar-refractivity contribution in [1.29, 1.82) is 0 Å². The Hall–Kier alpha value is -2.22. The molecule has 1 aliphatic rings. The van der Waals surface area contributed by atoms with Gasteiger partial charge in [0.2, 0.25) is 11.8 Å². The highest BCUT2D eigenvalue weighted by atomic mass is 32.2. The van der Waals surface area contributed by atoms with Crippen LogP contribution in [0.2, 0.25) is 0 Å². The fourth-order valence-electron chi connectivity index (χ4n) is 3.21. The first kappa shape index (κ1) is 25.4. The van der Waals surface area contributed by atoms with Gasteiger partial charge in [-0.3, -0.25) is 14.5 Å². The van der Waals surface area contributed by atoms with E-state index in [1.165, 1.54) is 29.2 Å². The highest BCUT2D eigenvalue weighted by Gasteiger charge is 2.34. The van der Waals surface area contributed by atoms with E-state index < -0.39 is 23.5 Å². The number of amides is 2. The number of benzene rings is 1. The van der Waals surface area contributed by atoms with Crippen molar-refractivity contribution in [3.63, 3.8) is 0 Å². The molecule has 1 atom stereocenters. The van der Waals surface area contributed by atoms with Crippen LogP contribution in [0, 0.1) is 5.82 Å². The van der Waals surface area contributed by atoms with E-state index in [1.807, 2.05) is 4.90 Å². The number of halogens is 4. The van der Waals surface area contributed by atoms with Gasteiger partial charge in [-0.1, -0.05) is 17.8 Å². The Morgan fingerprint density at radius 3 is 2.88 bits per heavy atom. The van der Waals surface area contributed by atoms with Crippen molar-refractivity contribution in [2.45, 2.75) is 29.6 Å². The number of nitrogens with two attached hydrogens (primary N) is 1. The predicted molar refractivity (Wildman–Crippen MR) is 115 cm³/mol. The molecule has 13 heteroatoms. The Kier molecular flexibility index (Phi) is 8.68. The Labute approximate surface area is 195 Å². The molecule has 7 nitrogen and oxygen atoms in total. The lowest BCUT2D eigenvalue weighted by atomic mass is 10.1. The van der Waals surface area contributed by atoms with Crippen LogP contribution < -0.4 is 11.1 Å². The first-order valence-corrected chi connectivity index (χ1v) is 11.8. The zero-order chi connectivity index (χ0) is 24.0. The second-order valence-electron chi connectivity index (χ2n) is 7.38. The smallest absolute Gasteiger partial charge is 0.374 e.